The number of thioether (sulfide) groups is 1. The van der Waals surface area contributed by atoms with Crippen LogP contribution in [0.25, 0.3) is 0 Å². The molecule has 0 radical (unpaired) electrons. The van der Waals surface area contributed by atoms with E-state index in [0.717, 1.165) is 29.3 Å². The highest BCUT2D eigenvalue weighted by atomic mass is 32.2. The average molecular weight is 355 g/mol. The Morgan fingerprint density at radius 2 is 1.52 bits per heavy atom. The third-order valence-corrected chi connectivity index (χ3v) is 4.95. The van der Waals surface area contributed by atoms with Crippen molar-refractivity contribution in [2.24, 2.45) is 0 Å². The van der Waals surface area contributed by atoms with Gasteiger partial charge in [0.15, 0.2) is 0 Å². The normalized spacial score (nSPS) is 11.2. The molecule has 1 amide bonds. The van der Waals surface area contributed by atoms with Gasteiger partial charge in [0.05, 0.1) is 4.91 Å². The fourth-order valence-corrected chi connectivity index (χ4v) is 3.28. The number of hydrogen-bond donors (Lipinski definition) is 1. The molecule has 0 heterocycles. The minimum Gasteiger partial charge on any atom is -0.377 e. The first-order valence-electron chi connectivity index (χ1n) is 8.67. The molecule has 1 N–H and O–H groups in total. The van der Waals surface area contributed by atoms with Crippen LogP contribution >= 0.6 is 11.8 Å². The second kappa shape index (κ2) is 10.6. The van der Waals surface area contributed by atoms with Gasteiger partial charge in [-0.25, -0.2) is 0 Å². The predicted octanol–water partition coefficient (Wildman–Crippen LogP) is 4.42. The molecule has 0 bridgehead atoms. The first-order valence-corrected chi connectivity index (χ1v) is 9.66. The van der Waals surface area contributed by atoms with Crippen molar-refractivity contribution in [2.45, 2.75) is 26.1 Å². The Morgan fingerprint density at radius 3 is 2.08 bits per heavy atom. The van der Waals surface area contributed by atoms with E-state index in [0.29, 0.717) is 6.54 Å². The van der Waals surface area contributed by atoms with E-state index in [2.05, 4.69) is 36.2 Å². The van der Waals surface area contributed by atoms with Gasteiger partial charge in [0.25, 0.3) is 5.91 Å². The van der Waals surface area contributed by atoms with E-state index in [4.69, 9.17) is 0 Å². The zero-order valence-corrected chi connectivity index (χ0v) is 15.8. The first kappa shape index (κ1) is 19.1. The van der Waals surface area contributed by atoms with Crippen molar-refractivity contribution in [1.29, 1.82) is 0 Å². The summed E-state index contributed by atoms with van der Waals surface area (Å²) in [5.41, 5.74) is 2.32. The van der Waals surface area contributed by atoms with Gasteiger partial charge >= 0.3 is 0 Å². The molecule has 0 aliphatic rings. The summed E-state index contributed by atoms with van der Waals surface area (Å²) in [4.78, 5) is 15.6. The molecule has 0 saturated carbocycles. The number of amides is 1. The zero-order valence-electron chi connectivity index (χ0n) is 14.9. The van der Waals surface area contributed by atoms with Gasteiger partial charge in [-0.3, -0.25) is 4.79 Å². The van der Waals surface area contributed by atoms with E-state index >= 15 is 0 Å². The molecule has 0 spiro atoms. The van der Waals surface area contributed by atoms with Crippen LogP contribution in [0.15, 0.2) is 71.8 Å². The average Bonchev–Trinajstić information content (AvgIpc) is 2.68. The van der Waals surface area contributed by atoms with Crippen molar-refractivity contribution in [1.82, 2.24) is 10.2 Å². The number of benzene rings is 2. The maximum atomic E-state index is 12.7. The van der Waals surface area contributed by atoms with Crippen LogP contribution in [0.5, 0.6) is 0 Å². The highest BCUT2D eigenvalue weighted by Gasteiger charge is 2.12. The molecular formula is C21H26N2OS. The third kappa shape index (κ3) is 6.67. The monoisotopic (exact) mass is 354 g/mol. The second-order valence-electron chi connectivity index (χ2n) is 5.66. The van der Waals surface area contributed by atoms with Gasteiger partial charge in [0, 0.05) is 31.6 Å². The topological polar surface area (TPSA) is 32.3 Å². The van der Waals surface area contributed by atoms with Crippen LogP contribution in [0, 0.1) is 0 Å². The summed E-state index contributed by atoms with van der Waals surface area (Å²) in [6.45, 7) is 6.51. The van der Waals surface area contributed by atoms with Crippen molar-refractivity contribution in [3.63, 3.8) is 0 Å². The summed E-state index contributed by atoms with van der Waals surface area (Å²) in [5, 5.41) is 3.03. The molecule has 0 atom stereocenters. The standard InChI is InChI=1S/C21H26N2OS/c1-3-23(4-2)16-20(25-17-19-13-9-6-10-14-19)21(24)22-15-18-11-7-5-8-12-18/h5-14,16H,3-4,15,17H2,1-2H3,(H,22,24)/b20-16+. The Labute approximate surface area is 155 Å². The molecule has 0 aliphatic heterocycles. The molecule has 2 aromatic carbocycles. The molecular weight excluding hydrogens is 328 g/mol. The summed E-state index contributed by atoms with van der Waals surface area (Å²) in [6.07, 6.45) is 1.98. The third-order valence-electron chi connectivity index (χ3n) is 3.87. The van der Waals surface area contributed by atoms with Crippen molar-refractivity contribution in [2.75, 3.05) is 13.1 Å². The van der Waals surface area contributed by atoms with Crippen LogP contribution in [0.3, 0.4) is 0 Å². The van der Waals surface area contributed by atoms with Gasteiger partial charge in [-0.2, -0.15) is 0 Å². The van der Waals surface area contributed by atoms with E-state index in [1.807, 2.05) is 54.7 Å². The Balaban J connectivity index is 2.03. The van der Waals surface area contributed by atoms with Crippen LogP contribution in [0.2, 0.25) is 0 Å². The number of carbonyl (C=O) groups is 1. The van der Waals surface area contributed by atoms with Crippen LogP contribution in [-0.4, -0.2) is 23.9 Å². The van der Waals surface area contributed by atoms with Crippen molar-refractivity contribution >= 4 is 17.7 Å². The molecule has 3 nitrogen and oxygen atoms in total. The van der Waals surface area contributed by atoms with E-state index in [1.165, 1.54) is 5.56 Å². The minimum absolute atomic E-state index is 0.0170. The molecule has 132 valence electrons. The molecule has 0 aliphatic carbocycles. The first-order chi connectivity index (χ1) is 12.2. The highest BCUT2D eigenvalue weighted by molar-refractivity contribution is 8.03. The lowest BCUT2D eigenvalue weighted by molar-refractivity contribution is -0.117. The van der Waals surface area contributed by atoms with Gasteiger partial charge in [-0.15, -0.1) is 11.8 Å². The Kier molecular flexibility index (Phi) is 8.13. The van der Waals surface area contributed by atoms with E-state index < -0.39 is 0 Å². The summed E-state index contributed by atoms with van der Waals surface area (Å²) in [5.74, 6) is 0.767. The smallest absolute Gasteiger partial charge is 0.259 e. The maximum absolute atomic E-state index is 12.7. The molecule has 0 aromatic heterocycles. The number of nitrogens with one attached hydrogen (secondary N) is 1. The van der Waals surface area contributed by atoms with Crippen molar-refractivity contribution in [3.8, 4) is 0 Å². The summed E-state index contributed by atoms with van der Waals surface area (Å²) < 4.78 is 0. The summed E-state index contributed by atoms with van der Waals surface area (Å²) in [6, 6.07) is 20.2. The number of hydrogen-bond acceptors (Lipinski definition) is 3. The molecule has 4 heteroatoms. The van der Waals surface area contributed by atoms with Gasteiger partial charge in [-0.1, -0.05) is 60.7 Å². The summed E-state index contributed by atoms with van der Waals surface area (Å²) >= 11 is 1.58. The predicted molar refractivity (Wildman–Crippen MR) is 107 cm³/mol. The van der Waals surface area contributed by atoms with E-state index in [9.17, 15) is 4.79 Å². The fraction of sp³-hybridized carbons (Fsp3) is 0.286. The maximum Gasteiger partial charge on any atom is 0.259 e. The molecule has 0 fully saturated rings. The Hall–Kier alpha value is -2.20. The van der Waals surface area contributed by atoms with Gasteiger partial charge in [0.2, 0.25) is 0 Å². The van der Waals surface area contributed by atoms with Crippen molar-refractivity contribution < 1.29 is 4.79 Å². The van der Waals surface area contributed by atoms with Crippen molar-refractivity contribution in [3.05, 3.63) is 82.9 Å². The highest BCUT2D eigenvalue weighted by Crippen LogP contribution is 2.22. The number of nitrogens with zero attached hydrogens (tertiary/aromatic N) is 1. The lowest BCUT2D eigenvalue weighted by atomic mass is 10.2. The van der Waals surface area contributed by atoms with Crippen LogP contribution < -0.4 is 5.32 Å². The van der Waals surface area contributed by atoms with Crippen LogP contribution in [0.4, 0.5) is 0 Å². The molecule has 0 saturated heterocycles. The van der Waals surface area contributed by atoms with Crippen LogP contribution in [0.1, 0.15) is 25.0 Å². The number of rotatable bonds is 9. The zero-order chi connectivity index (χ0) is 17.9. The van der Waals surface area contributed by atoms with Gasteiger partial charge in [-0.05, 0) is 25.0 Å². The minimum atomic E-state index is -0.0170. The quantitative estimate of drug-likeness (QED) is 0.677. The largest absolute Gasteiger partial charge is 0.377 e. The Bertz CT molecular complexity index is 667. The van der Waals surface area contributed by atoms with Crippen LogP contribution in [-0.2, 0) is 17.1 Å². The van der Waals surface area contributed by atoms with Gasteiger partial charge in [0.1, 0.15) is 0 Å². The second-order valence-corrected chi connectivity index (χ2v) is 6.67. The molecule has 2 aromatic rings. The molecule has 2 rings (SSSR count). The number of carbonyl (C=O) groups excluding carboxylic acids is 1. The lowest BCUT2D eigenvalue weighted by Crippen LogP contribution is -2.26. The SMILES string of the molecule is CCN(/C=C(/SCc1ccccc1)C(=O)NCc1ccccc1)CC. The fourth-order valence-electron chi connectivity index (χ4n) is 2.33. The van der Waals surface area contributed by atoms with E-state index in [-0.39, 0.29) is 5.91 Å². The Morgan fingerprint density at radius 1 is 0.960 bits per heavy atom. The molecule has 25 heavy (non-hydrogen) atoms. The van der Waals surface area contributed by atoms with Gasteiger partial charge < -0.3 is 10.2 Å². The van der Waals surface area contributed by atoms with E-state index in [1.54, 1.807) is 11.8 Å². The summed E-state index contributed by atoms with van der Waals surface area (Å²) in [7, 11) is 0. The molecule has 0 unspecified atom stereocenters. The lowest BCUT2D eigenvalue weighted by Gasteiger charge is -2.18.